The Hall–Kier alpha value is -2.96. The first kappa shape index (κ1) is 15.0. The summed E-state index contributed by atoms with van der Waals surface area (Å²) in [5.41, 5.74) is 2.98. The first-order chi connectivity index (χ1) is 11.1. The van der Waals surface area contributed by atoms with Crippen LogP contribution in [0.2, 0.25) is 0 Å². The Morgan fingerprint density at radius 3 is 2.74 bits per heavy atom. The Kier molecular flexibility index (Phi) is 3.92. The molecule has 0 saturated carbocycles. The number of carbonyl (C=O) groups is 1. The van der Waals surface area contributed by atoms with E-state index >= 15 is 0 Å². The summed E-state index contributed by atoms with van der Waals surface area (Å²) >= 11 is 0. The van der Waals surface area contributed by atoms with Gasteiger partial charge < -0.3 is 4.90 Å². The average Bonchev–Trinajstić information content (AvgIpc) is 3.16. The number of carbonyl (C=O) groups excluding carboxylic acids is 1. The number of aromatic nitrogens is 5. The standard InChI is InChI=1S/C16H18N6O/c1-4-21(16(23)13-8-18-20(3)10-13)15-11-22(19-12(15)2)14-6-5-7-17-9-14/h5-11H,4H2,1-3H3. The smallest absolute Gasteiger partial charge is 0.261 e. The first-order valence-corrected chi connectivity index (χ1v) is 7.37. The predicted octanol–water partition coefficient (Wildman–Crippen LogP) is 1.98. The predicted molar refractivity (Wildman–Crippen MR) is 86.7 cm³/mol. The maximum absolute atomic E-state index is 12.7. The number of rotatable bonds is 4. The van der Waals surface area contributed by atoms with E-state index in [4.69, 9.17) is 0 Å². The molecule has 7 heteroatoms. The van der Waals surface area contributed by atoms with Crippen molar-refractivity contribution in [2.45, 2.75) is 13.8 Å². The van der Waals surface area contributed by atoms with Gasteiger partial charge in [-0.2, -0.15) is 10.2 Å². The van der Waals surface area contributed by atoms with E-state index in [-0.39, 0.29) is 5.91 Å². The van der Waals surface area contributed by atoms with Crippen molar-refractivity contribution in [1.82, 2.24) is 24.5 Å². The van der Waals surface area contributed by atoms with Gasteiger partial charge in [-0.1, -0.05) is 0 Å². The van der Waals surface area contributed by atoms with Crippen molar-refractivity contribution in [1.29, 1.82) is 0 Å². The minimum atomic E-state index is -0.0885. The summed E-state index contributed by atoms with van der Waals surface area (Å²) in [7, 11) is 1.79. The van der Waals surface area contributed by atoms with E-state index in [2.05, 4.69) is 15.2 Å². The molecule has 1 amide bonds. The van der Waals surface area contributed by atoms with Crippen molar-refractivity contribution in [3.05, 3.63) is 54.4 Å². The molecule has 3 aromatic rings. The Bertz CT molecular complexity index is 820. The Morgan fingerprint density at radius 1 is 1.30 bits per heavy atom. The number of amides is 1. The second-order valence-corrected chi connectivity index (χ2v) is 5.21. The lowest BCUT2D eigenvalue weighted by molar-refractivity contribution is 0.0988. The van der Waals surface area contributed by atoms with Gasteiger partial charge in [-0.15, -0.1) is 0 Å². The van der Waals surface area contributed by atoms with Gasteiger partial charge in [0.05, 0.1) is 41.2 Å². The summed E-state index contributed by atoms with van der Waals surface area (Å²) in [6.07, 6.45) is 8.59. The Labute approximate surface area is 134 Å². The minimum Gasteiger partial charge on any atom is -0.305 e. The van der Waals surface area contributed by atoms with E-state index in [0.29, 0.717) is 12.1 Å². The monoisotopic (exact) mass is 310 g/mol. The van der Waals surface area contributed by atoms with Crippen LogP contribution in [0.5, 0.6) is 0 Å². The first-order valence-electron chi connectivity index (χ1n) is 7.37. The number of anilines is 1. The van der Waals surface area contributed by atoms with Crippen LogP contribution in [0.15, 0.2) is 43.1 Å². The van der Waals surface area contributed by atoms with Crippen molar-refractivity contribution >= 4 is 11.6 Å². The fourth-order valence-electron chi connectivity index (χ4n) is 2.45. The third-order valence-corrected chi connectivity index (χ3v) is 3.59. The lowest BCUT2D eigenvalue weighted by Crippen LogP contribution is -2.30. The highest BCUT2D eigenvalue weighted by Crippen LogP contribution is 2.22. The van der Waals surface area contributed by atoms with Crippen LogP contribution in [0.4, 0.5) is 5.69 Å². The molecule has 118 valence electrons. The summed E-state index contributed by atoms with van der Waals surface area (Å²) in [6, 6.07) is 3.77. The second kappa shape index (κ2) is 6.04. The maximum Gasteiger partial charge on any atom is 0.261 e. The van der Waals surface area contributed by atoms with Crippen LogP contribution in [-0.2, 0) is 7.05 Å². The zero-order valence-corrected chi connectivity index (χ0v) is 13.3. The molecule has 3 rings (SSSR count). The molecule has 0 aliphatic rings. The van der Waals surface area contributed by atoms with Gasteiger partial charge in [0.25, 0.3) is 5.91 Å². The lowest BCUT2D eigenvalue weighted by Gasteiger charge is -2.19. The van der Waals surface area contributed by atoms with Gasteiger partial charge in [0.15, 0.2) is 0 Å². The third-order valence-electron chi connectivity index (χ3n) is 3.59. The highest BCUT2D eigenvalue weighted by Gasteiger charge is 2.21. The molecule has 0 saturated heterocycles. The fraction of sp³-hybridized carbons (Fsp3) is 0.250. The summed E-state index contributed by atoms with van der Waals surface area (Å²) in [5.74, 6) is -0.0885. The van der Waals surface area contributed by atoms with Gasteiger partial charge in [-0.05, 0) is 26.0 Å². The van der Waals surface area contributed by atoms with Gasteiger partial charge in [-0.3, -0.25) is 14.5 Å². The molecule has 0 aliphatic carbocycles. The molecular formula is C16H18N6O. The lowest BCUT2D eigenvalue weighted by atomic mass is 10.2. The number of aryl methyl sites for hydroxylation is 2. The van der Waals surface area contributed by atoms with E-state index in [1.807, 2.05) is 32.2 Å². The van der Waals surface area contributed by atoms with Crippen molar-refractivity contribution in [2.24, 2.45) is 7.05 Å². The molecule has 7 nitrogen and oxygen atoms in total. The SMILES string of the molecule is CCN(C(=O)c1cnn(C)c1)c1cn(-c2cccnc2)nc1C. The van der Waals surface area contributed by atoms with E-state index in [1.165, 1.54) is 0 Å². The molecule has 0 unspecified atom stereocenters. The van der Waals surface area contributed by atoms with E-state index in [9.17, 15) is 4.79 Å². The van der Waals surface area contributed by atoms with Crippen molar-refractivity contribution < 1.29 is 4.79 Å². The molecular weight excluding hydrogens is 292 g/mol. The number of hydrogen-bond acceptors (Lipinski definition) is 4. The highest BCUT2D eigenvalue weighted by atomic mass is 16.2. The van der Waals surface area contributed by atoms with Gasteiger partial charge in [-0.25, -0.2) is 4.68 Å². The van der Waals surface area contributed by atoms with Gasteiger partial charge >= 0.3 is 0 Å². The number of nitrogens with zero attached hydrogens (tertiary/aromatic N) is 6. The van der Waals surface area contributed by atoms with Gasteiger partial charge in [0.1, 0.15) is 0 Å². The van der Waals surface area contributed by atoms with Crippen LogP contribution in [0, 0.1) is 6.92 Å². The molecule has 0 aromatic carbocycles. The van der Waals surface area contributed by atoms with Crippen LogP contribution in [0.3, 0.4) is 0 Å². The number of hydrogen-bond donors (Lipinski definition) is 0. The van der Waals surface area contributed by atoms with E-state index < -0.39 is 0 Å². The Balaban J connectivity index is 1.96. The minimum absolute atomic E-state index is 0.0885. The molecule has 23 heavy (non-hydrogen) atoms. The van der Waals surface area contributed by atoms with Crippen LogP contribution < -0.4 is 4.90 Å². The average molecular weight is 310 g/mol. The number of pyridine rings is 1. The van der Waals surface area contributed by atoms with Crippen molar-refractivity contribution in [3.8, 4) is 5.69 Å². The summed E-state index contributed by atoms with van der Waals surface area (Å²) in [4.78, 5) is 18.5. The molecule has 0 spiro atoms. The molecule has 0 fully saturated rings. The van der Waals surface area contributed by atoms with Crippen molar-refractivity contribution in [2.75, 3.05) is 11.4 Å². The normalized spacial score (nSPS) is 10.7. The molecule has 0 radical (unpaired) electrons. The van der Waals surface area contributed by atoms with Crippen LogP contribution in [0.25, 0.3) is 5.69 Å². The zero-order valence-electron chi connectivity index (χ0n) is 13.3. The molecule has 0 atom stereocenters. The van der Waals surface area contributed by atoms with Crippen LogP contribution in [0.1, 0.15) is 23.0 Å². The van der Waals surface area contributed by atoms with Crippen LogP contribution in [-0.4, -0.2) is 37.0 Å². The fourth-order valence-corrected chi connectivity index (χ4v) is 2.45. The van der Waals surface area contributed by atoms with E-state index in [1.54, 1.807) is 46.1 Å². The summed E-state index contributed by atoms with van der Waals surface area (Å²) < 4.78 is 3.35. The molecule has 0 aliphatic heterocycles. The largest absolute Gasteiger partial charge is 0.305 e. The molecule has 3 heterocycles. The topological polar surface area (TPSA) is 68.8 Å². The maximum atomic E-state index is 12.7. The second-order valence-electron chi connectivity index (χ2n) is 5.21. The highest BCUT2D eigenvalue weighted by molar-refractivity contribution is 6.06. The third kappa shape index (κ3) is 2.85. The Morgan fingerprint density at radius 2 is 2.13 bits per heavy atom. The molecule has 0 N–H and O–H groups in total. The van der Waals surface area contributed by atoms with Crippen LogP contribution >= 0.6 is 0 Å². The molecule has 0 bridgehead atoms. The van der Waals surface area contributed by atoms with Crippen molar-refractivity contribution in [3.63, 3.8) is 0 Å². The van der Waals surface area contributed by atoms with Gasteiger partial charge in [0, 0.05) is 26.0 Å². The quantitative estimate of drug-likeness (QED) is 0.739. The van der Waals surface area contributed by atoms with E-state index in [0.717, 1.165) is 17.1 Å². The summed E-state index contributed by atoms with van der Waals surface area (Å²) in [6.45, 7) is 4.38. The van der Waals surface area contributed by atoms with Gasteiger partial charge in [0.2, 0.25) is 0 Å². The summed E-state index contributed by atoms with van der Waals surface area (Å²) in [5, 5.41) is 8.56. The molecule has 3 aromatic heterocycles. The zero-order chi connectivity index (χ0) is 16.4.